The van der Waals surface area contributed by atoms with Crippen molar-refractivity contribution in [2.24, 2.45) is 0 Å². The summed E-state index contributed by atoms with van der Waals surface area (Å²) >= 11 is 0. The fourth-order valence-corrected chi connectivity index (χ4v) is 4.96. The Balaban J connectivity index is 1.40. The summed E-state index contributed by atoms with van der Waals surface area (Å²) in [6.07, 6.45) is 0. The fourth-order valence-electron chi connectivity index (χ4n) is 4.96. The molecule has 0 radical (unpaired) electrons. The minimum Gasteiger partial charge on any atom is -0.354 e. The summed E-state index contributed by atoms with van der Waals surface area (Å²) in [5.74, 6) is 1.69. The summed E-state index contributed by atoms with van der Waals surface area (Å²) in [7, 11) is 0. The zero-order valence-corrected chi connectivity index (χ0v) is 20.8. The molecule has 0 aliphatic rings. The second-order valence-electron chi connectivity index (χ2n) is 9.38. The lowest BCUT2D eigenvalue weighted by Gasteiger charge is -2.10. The first kappa shape index (κ1) is 22.6. The predicted octanol–water partition coefficient (Wildman–Crippen LogP) is 8.05. The van der Waals surface area contributed by atoms with E-state index in [2.05, 4.69) is 41.4 Å². The highest BCUT2D eigenvalue weighted by molar-refractivity contribution is 6.08. The van der Waals surface area contributed by atoms with Crippen LogP contribution in [0.25, 0.3) is 67.1 Å². The van der Waals surface area contributed by atoms with Gasteiger partial charge < -0.3 is 4.98 Å². The molecule has 5 heteroatoms. The summed E-state index contributed by atoms with van der Waals surface area (Å²) < 4.78 is 0. The first-order valence-corrected chi connectivity index (χ1v) is 12.7. The maximum absolute atomic E-state index is 9.90. The minimum atomic E-state index is 0.521. The average Bonchev–Trinajstić information content (AvgIpc) is 3.39. The Hall–Kier alpha value is -5.60. The van der Waals surface area contributed by atoms with Gasteiger partial charge in [0.2, 0.25) is 0 Å². The van der Waals surface area contributed by atoms with Gasteiger partial charge in [-0.3, -0.25) is 0 Å². The van der Waals surface area contributed by atoms with Crippen LogP contribution in [-0.2, 0) is 0 Å². The van der Waals surface area contributed by atoms with Gasteiger partial charge in [-0.2, -0.15) is 5.26 Å². The van der Waals surface area contributed by atoms with Gasteiger partial charge in [-0.25, -0.2) is 15.0 Å². The van der Waals surface area contributed by atoms with Gasteiger partial charge in [-0.15, -0.1) is 0 Å². The lowest BCUT2D eigenvalue weighted by atomic mass is 9.98. The topological polar surface area (TPSA) is 78.2 Å². The van der Waals surface area contributed by atoms with Crippen molar-refractivity contribution in [3.05, 3.63) is 127 Å². The zero-order chi connectivity index (χ0) is 26.2. The van der Waals surface area contributed by atoms with Crippen molar-refractivity contribution in [1.82, 2.24) is 19.9 Å². The molecule has 0 aliphatic carbocycles. The van der Waals surface area contributed by atoms with Crippen LogP contribution in [0.4, 0.5) is 0 Å². The van der Waals surface area contributed by atoms with E-state index in [0.29, 0.717) is 23.0 Å². The lowest BCUT2D eigenvalue weighted by Crippen LogP contribution is -2.00. The quantitative estimate of drug-likeness (QED) is 0.266. The van der Waals surface area contributed by atoms with Crippen molar-refractivity contribution in [2.45, 2.75) is 0 Å². The monoisotopic (exact) mass is 499 g/mol. The van der Waals surface area contributed by atoms with Gasteiger partial charge in [0.05, 0.1) is 11.6 Å². The Morgan fingerprint density at radius 2 is 1.03 bits per heavy atom. The van der Waals surface area contributed by atoms with Crippen molar-refractivity contribution in [1.29, 1.82) is 5.26 Å². The van der Waals surface area contributed by atoms with Gasteiger partial charge >= 0.3 is 0 Å². The highest BCUT2D eigenvalue weighted by Crippen LogP contribution is 2.33. The number of H-pyrrole nitrogens is 1. The van der Waals surface area contributed by atoms with E-state index in [1.54, 1.807) is 0 Å². The van der Waals surface area contributed by atoms with E-state index in [4.69, 9.17) is 15.0 Å². The van der Waals surface area contributed by atoms with Crippen molar-refractivity contribution < 1.29 is 0 Å². The van der Waals surface area contributed by atoms with E-state index in [1.165, 1.54) is 10.8 Å². The third-order valence-corrected chi connectivity index (χ3v) is 6.86. The molecule has 39 heavy (non-hydrogen) atoms. The predicted molar refractivity (Wildman–Crippen MR) is 156 cm³/mol. The molecule has 0 spiro atoms. The lowest BCUT2D eigenvalue weighted by molar-refractivity contribution is 1.07. The molecule has 2 heterocycles. The van der Waals surface area contributed by atoms with Gasteiger partial charge in [-0.1, -0.05) is 91.0 Å². The van der Waals surface area contributed by atoms with Gasteiger partial charge in [0.1, 0.15) is 0 Å². The second kappa shape index (κ2) is 9.37. The van der Waals surface area contributed by atoms with Crippen molar-refractivity contribution in [2.75, 3.05) is 0 Å². The van der Waals surface area contributed by atoms with E-state index in [0.717, 1.165) is 38.9 Å². The summed E-state index contributed by atoms with van der Waals surface area (Å²) in [5.41, 5.74) is 7.19. The summed E-state index contributed by atoms with van der Waals surface area (Å²) in [6, 6.07) is 42.5. The van der Waals surface area contributed by atoms with Crippen LogP contribution in [0, 0.1) is 11.3 Å². The van der Waals surface area contributed by atoms with E-state index in [-0.39, 0.29) is 0 Å². The van der Waals surface area contributed by atoms with Crippen molar-refractivity contribution >= 4 is 21.8 Å². The number of aromatic amines is 1. The molecule has 0 fully saturated rings. The SMILES string of the molecule is N#Cc1cc(-c2ccc3c(c2)[nH]c2ccccc23)cc(-c2nc(-c3ccccc3)nc(-c3ccccc3)n2)c1. The number of nitrogens with zero attached hydrogens (tertiary/aromatic N) is 4. The second-order valence-corrected chi connectivity index (χ2v) is 9.38. The molecule has 0 saturated carbocycles. The zero-order valence-electron chi connectivity index (χ0n) is 20.8. The Bertz CT molecular complexity index is 1960. The smallest absolute Gasteiger partial charge is 0.164 e. The molecule has 5 nitrogen and oxygen atoms in total. The Kier molecular flexibility index (Phi) is 5.42. The molecule has 0 bridgehead atoms. The molecular formula is C34H21N5. The Morgan fingerprint density at radius 3 is 1.69 bits per heavy atom. The van der Waals surface area contributed by atoms with Gasteiger partial charge in [0.15, 0.2) is 17.5 Å². The molecule has 7 aromatic rings. The summed E-state index contributed by atoms with van der Waals surface area (Å²) in [6.45, 7) is 0. The first-order chi connectivity index (χ1) is 19.2. The molecule has 0 atom stereocenters. The molecule has 1 N–H and O–H groups in total. The summed E-state index contributed by atoms with van der Waals surface area (Å²) in [5, 5.41) is 12.3. The van der Waals surface area contributed by atoms with Crippen LogP contribution < -0.4 is 0 Å². The van der Waals surface area contributed by atoms with Crippen molar-refractivity contribution in [3.8, 4) is 51.4 Å². The maximum Gasteiger partial charge on any atom is 0.164 e. The number of fused-ring (bicyclic) bond motifs is 3. The Morgan fingerprint density at radius 1 is 0.462 bits per heavy atom. The van der Waals surface area contributed by atoms with Gasteiger partial charge in [0.25, 0.3) is 0 Å². The molecule has 7 rings (SSSR count). The van der Waals surface area contributed by atoms with Gasteiger partial charge in [-0.05, 0) is 41.5 Å². The van der Waals surface area contributed by atoms with E-state index < -0.39 is 0 Å². The van der Waals surface area contributed by atoms with Crippen LogP contribution in [0.15, 0.2) is 121 Å². The molecule has 5 aromatic carbocycles. The highest BCUT2D eigenvalue weighted by Gasteiger charge is 2.14. The number of nitrogens with one attached hydrogen (secondary N) is 1. The van der Waals surface area contributed by atoms with Crippen molar-refractivity contribution in [3.63, 3.8) is 0 Å². The number of nitriles is 1. The normalized spacial score (nSPS) is 11.1. The largest absolute Gasteiger partial charge is 0.354 e. The number of para-hydroxylation sites is 1. The molecule has 0 aliphatic heterocycles. The molecule has 182 valence electrons. The van der Waals surface area contributed by atoms with Crippen LogP contribution in [0.1, 0.15) is 5.56 Å². The summed E-state index contributed by atoms with van der Waals surface area (Å²) in [4.78, 5) is 18.0. The number of rotatable bonds is 4. The van der Waals surface area contributed by atoms with E-state index in [1.807, 2.05) is 91.0 Å². The number of aromatic nitrogens is 4. The molecule has 0 saturated heterocycles. The van der Waals surface area contributed by atoms with Gasteiger partial charge in [0, 0.05) is 38.5 Å². The number of hydrogen-bond acceptors (Lipinski definition) is 4. The number of benzene rings is 5. The molecule has 0 unspecified atom stereocenters. The molecule has 2 aromatic heterocycles. The fraction of sp³-hybridized carbons (Fsp3) is 0. The molecule has 0 amide bonds. The van der Waals surface area contributed by atoms with E-state index in [9.17, 15) is 5.26 Å². The van der Waals surface area contributed by atoms with E-state index >= 15 is 0 Å². The van der Waals surface area contributed by atoms with Crippen LogP contribution in [0.2, 0.25) is 0 Å². The first-order valence-electron chi connectivity index (χ1n) is 12.7. The standard InChI is InChI=1S/C34H21N5/c35-21-22-17-26(25-15-16-29-28-13-7-8-14-30(28)36-31(29)20-25)19-27(18-22)34-38-32(23-9-3-1-4-10-23)37-33(39-34)24-11-5-2-6-12-24/h1-20,36H. The maximum atomic E-state index is 9.90. The van der Waals surface area contributed by atoms with Crippen LogP contribution in [0.3, 0.4) is 0 Å². The minimum absolute atomic E-state index is 0.521. The van der Waals surface area contributed by atoms with Crippen LogP contribution in [0.5, 0.6) is 0 Å². The number of hydrogen-bond donors (Lipinski definition) is 1. The third-order valence-electron chi connectivity index (χ3n) is 6.86. The van der Waals surface area contributed by atoms with Crippen LogP contribution in [-0.4, -0.2) is 19.9 Å². The average molecular weight is 500 g/mol. The highest BCUT2D eigenvalue weighted by atomic mass is 15.0. The van der Waals surface area contributed by atoms with Crippen LogP contribution >= 0.6 is 0 Å². The molecular weight excluding hydrogens is 478 g/mol. The Labute approximate surface area is 225 Å². The third kappa shape index (κ3) is 4.20.